The van der Waals surface area contributed by atoms with Gasteiger partial charge in [0.25, 0.3) is 5.56 Å². The Balaban J connectivity index is 1.70. The van der Waals surface area contributed by atoms with E-state index in [1.165, 1.54) is 0 Å². The summed E-state index contributed by atoms with van der Waals surface area (Å²) in [7, 11) is 0. The van der Waals surface area contributed by atoms with Crippen molar-refractivity contribution in [3.63, 3.8) is 0 Å². The maximum absolute atomic E-state index is 13.7. The maximum Gasteiger partial charge on any atom is 0.509 e. The quantitative estimate of drug-likeness (QED) is 0.335. The Kier molecular flexibility index (Phi) is 6.39. The molecule has 2 aliphatic rings. The van der Waals surface area contributed by atoms with Crippen LogP contribution >= 0.6 is 0 Å². The van der Waals surface area contributed by atoms with Gasteiger partial charge in [0.1, 0.15) is 12.4 Å². The van der Waals surface area contributed by atoms with E-state index in [0.717, 1.165) is 40.6 Å². The summed E-state index contributed by atoms with van der Waals surface area (Å²) >= 11 is 0. The number of carbonyl (C=O) groups is 2. The van der Waals surface area contributed by atoms with E-state index in [9.17, 15) is 14.4 Å². The Morgan fingerprint density at radius 2 is 1.95 bits per heavy atom. The zero-order chi connectivity index (χ0) is 26.3. The number of hydrogen-bond donors (Lipinski definition) is 0. The molecule has 0 amide bonds. The molecule has 0 N–H and O–H groups in total. The molecule has 2 aromatic heterocycles. The number of hydrogen-bond acceptors (Lipinski definition) is 8. The predicted molar refractivity (Wildman–Crippen MR) is 136 cm³/mol. The Morgan fingerprint density at radius 3 is 2.65 bits per heavy atom. The van der Waals surface area contributed by atoms with Gasteiger partial charge < -0.3 is 23.5 Å². The van der Waals surface area contributed by atoms with Crippen LogP contribution in [-0.2, 0) is 44.2 Å². The average Bonchev–Trinajstić information content (AvgIpc) is 3.26. The van der Waals surface area contributed by atoms with Crippen molar-refractivity contribution in [3.8, 4) is 17.1 Å². The van der Waals surface area contributed by atoms with Gasteiger partial charge in [-0.1, -0.05) is 20.8 Å². The second-order valence-corrected chi connectivity index (χ2v) is 9.15. The molecule has 9 nitrogen and oxygen atoms in total. The number of aryl methyl sites for hydroxylation is 1. The van der Waals surface area contributed by atoms with E-state index in [2.05, 4.69) is 13.8 Å². The smallest absolute Gasteiger partial charge is 0.494 e. The molecule has 0 aliphatic carbocycles. The molecule has 0 fully saturated rings. The van der Waals surface area contributed by atoms with Gasteiger partial charge in [0.05, 0.1) is 42.2 Å². The highest BCUT2D eigenvalue weighted by Crippen LogP contribution is 2.42. The standard InChI is InChI=1S/C28H30N2O7/c1-5-11-35-16-9-10-22-18(12-16)17(6-2)19-14-30-23(24(19)29-22)13-21-20(25(30)31)15-36-26(32)28(21,7-3)37-27(33)34-8-4/h9-10,12-13H,5-8,11,14-15H2,1-4H3. The monoisotopic (exact) mass is 506 g/mol. The van der Waals surface area contributed by atoms with Gasteiger partial charge in [-0.3, -0.25) is 4.79 Å². The molecule has 0 radical (unpaired) electrons. The van der Waals surface area contributed by atoms with Crippen molar-refractivity contribution in [1.82, 2.24) is 9.55 Å². The van der Waals surface area contributed by atoms with Crippen molar-refractivity contribution in [2.24, 2.45) is 0 Å². The predicted octanol–water partition coefficient (Wildman–Crippen LogP) is 4.61. The first-order valence-electron chi connectivity index (χ1n) is 12.8. The summed E-state index contributed by atoms with van der Waals surface area (Å²) in [6, 6.07) is 7.59. The van der Waals surface area contributed by atoms with E-state index in [1.807, 2.05) is 18.2 Å². The topological polar surface area (TPSA) is 106 Å². The SMILES string of the molecule is CCCOc1ccc2nc3c(c(CC)c2c1)Cn1c-3cc2c(c1=O)COC(=O)C2(CC)OC(=O)OCC. The third-order valence-corrected chi connectivity index (χ3v) is 7.09. The molecular formula is C28H30N2O7. The van der Waals surface area contributed by atoms with E-state index >= 15 is 0 Å². The number of aromatic nitrogens is 2. The third-order valence-electron chi connectivity index (χ3n) is 7.09. The minimum atomic E-state index is -1.77. The molecule has 9 heteroatoms. The van der Waals surface area contributed by atoms with Crippen molar-refractivity contribution >= 4 is 23.0 Å². The number of esters is 1. The number of carbonyl (C=O) groups excluding carboxylic acids is 2. The van der Waals surface area contributed by atoms with Gasteiger partial charge in [-0.25, -0.2) is 14.6 Å². The molecule has 194 valence electrons. The highest BCUT2D eigenvalue weighted by molar-refractivity contribution is 5.90. The fourth-order valence-electron chi connectivity index (χ4n) is 5.30. The molecule has 0 spiro atoms. The number of nitrogens with zero attached hydrogens (tertiary/aromatic N) is 2. The van der Waals surface area contributed by atoms with Gasteiger partial charge >= 0.3 is 12.1 Å². The minimum absolute atomic E-state index is 0.0826. The van der Waals surface area contributed by atoms with Gasteiger partial charge in [0, 0.05) is 16.5 Å². The molecule has 37 heavy (non-hydrogen) atoms. The number of rotatable bonds is 7. The molecule has 0 saturated carbocycles. The molecule has 2 aliphatic heterocycles. The van der Waals surface area contributed by atoms with Crippen LogP contribution in [0.2, 0.25) is 0 Å². The summed E-state index contributed by atoms with van der Waals surface area (Å²) in [5.41, 5.74) is 2.68. The fourth-order valence-corrected chi connectivity index (χ4v) is 5.30. The number of cyclic esters (lactones) is 1. The summed E-state index contributed by atoms with van der Waals surface area (Å²) in [5, 5.41) is 0.993. The number of benzene rings is 1. The van der Waals surface area contributed by atoms with Crippen molar-refractivity contribution in [3.05, 3.63) is 56.9 Å². The lowest BCUT2D eigenvalue weighted by Gasteiger charge is -2.35. The van der Waals surface area contributed by atoms with Crippen LogP contribution in [0.3, 0.4) is 0 Å². The fraction of sp³-hybridized carbons (Fsp3) is 0.429. The van der Waals surface area contributed by atoms with Crippen molar-refractivity contribution in [2.75, 3.05) is 13.2 Å². The maximum atomic E-state index is 13.7. The zero-order valence-corrected chi connectivity index (χ0v) is 21.5. The van der Waals surface area contributed by atoms with E-state index in [4.69, 9.17) is 23.9 Å². The summed E-state index contributed by atoms with van der Waals surface area (Å²) < 4.78 is 23.4. The molecular weight excluding hydrogens is 476 g/mol. The van der Waals surface area contributed by atoms with Gasteiger partial charge in [0.2, 0.25) is 5.60 Å². The van der Waals surface area contributed by atoms with Crippen LogP contribution in [0.1, 0.15) is 62.8 Å². The van der Waals surface area contributed by atoms with Gasteiger partial charge in [-0.05, 0) is 56.0 Å². The first kappa shape index (κ1) is 24.8. The second kappa shape index (κ2) is 9.53. The van der Waals surface area contributed by atoms with Crippen LogP contribution in [0.25, 0.3) is 22.3 Å². The van der Waals surface area contributed by atoms with Crippen molar-refractivity contribution in [2.45, 2.75) is 65.7 Å². The van der Waals surface area contributed by atoms with Crippen LogP contribution in [0, 0.1) is 0 Å². The number of pyridine rings is 2. The highest BCUT2D eigenvalue weighted by Gasteiger charge is 2.51. The lowest BCUT2D eigenvalue weighted by atomic mass is 9.85. The Labute approximate surface area is 214 Å². The van der Waals surface area contributed by atoms with Gasteiger partial charge in [-0.2, -0.15) is 0 Å². The van der Waals surface area contributed by atoms with Crippen LogP contribution in [0.4, 0.5) is 4.79 Å². The van der Waals surface area contributed by atoms with Gasteiger partial charge in [-0.15, -0.1) is 0 Å². The van der Waals surface area contributed by atoms with Crippen LogP contribution < -0.4 is 10.3 Å². The van der Waals surface area contributed by atoms with E-state index in [0.29, 0.717) is 35.7 Å². The van der Waals surface area contributed by atoms with Crippen LogP contribution in [-0.4, -0.2) is 34.9 Å². The lowest BCUT2D eigenvalue weighted by molar-refractivity contribution is -0.175. The van der Waals surface area contributed by atoms with Crippen LogP contribution in [0.5, 0.6) is 5.75 Å². The number of fused-ring (bicyclic) bond motifs is 5. The molecule has 5 rings (SSSR count). The summed E-state index contributed by atoms with van der Waals surface area (Å²) in [5.74, 6) is 0.0619. The summed E-state index contributed by atoms with van der Waals surface area (Å²) in [6.07, 6.45) is 0.746. The summed E-state index contributed by atoms with van der Waals surface area (Å²) in [4.78, 5) is 44.0. The first-order valence-corrected chi connectivity index (χ1v) is 12.8. The second-order valence-electron chi connectivity index (χ2n) is 9.15. The Bertz CT molecular complexity index is 1480. The minimum Gasteiger partial charge on any atom is -0.494 e. The van der Waals surface area contributed by atoms with E-state index in [1.54, 1.807) is 24.5 Å². The summed E-state index contributed by atoms with van der Waals surface area (Å²) in [6.45, 7) is 8.37. The molecule has 1 aromatic carbocycles. The van der Waals surface area contributed by atoms with Crippen molar-refractivity contribution in [1.29, 1.82) is 0 Å². The normalized spacial score (nSPS) is 17.6. The largest absolute Gasteiger partial charge is 0.509 e. The molecule has 4 heterocycles. The zero-order valence-electron chi connectivity index (χ0n) is 21.5. The van der Waals surface area contributed by atoms with Gasteiger partial charge in [0.15, 0.2) is 0 Å². The van der Waals surface area contributed by atoms with E-state index < -0.39 is 17.7 Å². The number of ether oxygens (including phenoxy) is 4. The van der Waals surface area contributed by atoms with E-state index in [-0.39, 0.29) is 25.2 Å². The Hall–Kier alpha value is -3.88. The lowest BCUT2D eigenvalue weighted by Crippen LogP contribution is -2.47. The molecule has 0 bridgehead atoms. The van der Waals surface area contributed by atoms with Crippen LogP contribution in [0.15, 0.2) is 29.1 Å². The molecule has 0 saturated heterocycles. The third kappa shape index (κ3) is 3.84. The first-order chi connectivity index (χ1) is 17.9. The van der Waals surface area contributed by atoms with Crippen molar-refractivity contribution < 1.29 is 28.5 Å². The molecule has 3 aromatic rings. The highest BCUT2D eigenvalue weighted by atomic mass is 16.7. The molecule has 1 atom stereocenters. The average molecular weight is 507 g/mol. The molecule has 1 unspecified atom stereocenters. The Morgan fingerprint density at radius 1 is 1.14 bits per heavy atom.